The van der Waals surface area contributed by atoms with E-state index in [0.717, 1.165) is 30.4 Å². The van der Waals surface area contributed by atoms with Crippen LogP contribution in [0, 0.1) is 18.3 Å². The Labute approximate surface area is 188 Å². The lowest BCUT2D eigenvalue weighted by Crippen LogP contribution is -2.41. The number of thiophene rings is 1. The lowest BCUT2D eigenvalue weighted by atomic mass is 9.72. The number of hydrogen-bond acceptors (Lipinski definition) is 4. The fourth-order valence-electron chi connectivity index (χ4n) is 4.56. The molecular weight excluding hydrogens is 408 g/mol. The number of carbonyl (C=O) groups excluding carboxylic acids is 2. The van der Waals surface area contributed by atoms with Gasteiger partial charge in [-0.05, 0) is 54.7 Å². The quantitative estimate of drug-likeness (QED) is 0.736. The number of anilines is 1. The molecule has 5 nitrogen and oxygen atoms in total. The van der Waals surface area contributed by atoms with Crippen LogP contribution in [0.2, 0.25) is 0 Å². The molecule has 2 aromatic rings. The number of carbonyl (C=O) groups is 2. The van der Waals surface area contributed by atoms with Crippen LogP contribution >= 0.6 is 11.3 Å². The van der Waals surface area contributed by atoms with Crippen molar-refractivity contribution in [3.05, 3.63) is 51.4 Å². The summed E-state index contributed by atoms with van der Waals surface area (Å²) in [5, 5.41) is 3.80. The van der Waals surface area contributed by atoms with Crippen molar-refractivity contribution in [2.45, 2.75) is 47.0 Å². The number of nitrogens with one attached hydrogen (secondary N) is 1. The third-order valence-electron chi connectivity index (χ3n) is 6.62. The number of fused-ring (bicyclic) bond motifs is 1. The number of morpholine rings is 1. The van der Waals surface area contributed by atoms with E-state index < -0.39 is 0 Å². The van der Waals surface area contributed by atoms with E-state index in [1.165, 1.54) is 4.88 Å². The largest absolute Gasteiger partial charge is 0.378 e. The Bertz CT molecular complexity index is 983. The highest BCUT2D eigenvalue weighted by Crippen LogP contribution is 2.44. The van der Waals surface area contributed by atoms with Crippen molar-refractivity contribution >= 4 is 28.2 Å². The fourth-order valence-corrected chi connectivity index (χ4v) is 5.88. The predicted molar refractivity (Wildman–Crippen MR) is 125 cm³/mol. The van der Waals surface area contributed by atoms with E-state index in [1.807, 2.05) is 36.1 Å². The van der Waals surface area contributed by atoms with Gasteiger partial charge in [0, 0.05) is 23.5 Å². The van der Waals surface area contributed by atoms with Gasteiger partial charge in [-0.2, -0.15) is 0 Å². The van der Waals surface area contributed by atoms with E-state index in [-0.39, 0.29) is 17.2 Å². The van der Waals surface area contributed by atoms with Crippen LogP contribution in [0.4, 0.5) is 5.00 Å². The maximum atomic E-state index is 13.5. The van der Waals surface area contributed by atoms with Crippen LogP contribution in [-0.2, 0) is 17.6 Å². The first-order chi connectivity index (χ1) is 14.8. The molecule has 2 heterocycles. The summed E-state index contributed by atoms with van der Waals surface area (Å²) < 4.78 is 5.44. The molecule has 1 saturated heterocycles. The van der Waals surface area contributed by atoms with E-state index in [0.29, 0.717) is 48.3 Å². The van der Waals surface area contributed by atoms with Gasteiger partial charge in [0.15, 0.2) is 0 Å². The number of rotatable bonds is 3. The van der Waals surface area contributed by atoms with Crippen LogP contribution in [-0.4, -0.2) is 43.0 Å². The molecular formula is C25H32N2O3S. The number of aryl methyl sites for hydroxylation is 1. The molecule has 0 bridgehead atoms. The molecule has 0 saturated carbocycles. The molecule has 1 fully saturated rings. The maximum Gasteiger partial charge on any atom is 0.257 e. The topological polar surface area (TPSA) is 58.6 Å². The van der Waals surface area contributed by atoms with Crippen LogP contribution in [0.3, 0.4) is 0 Å². The van der Waals surface area contributed by atoms with Crippen LogP contribution in [0.5, 0.6) is 0 Å². The Morgan fingerprint density at radius 2 is 1.87 bits per heavy atom. The molecule has 6 heteroatoms. The van der Waals surface area contributed by atoms with Gasteiger partial charge in [-0.15, -0.1) is 11.3 Å². The minimum Gasteiger partial charge on any atom is -0.378 e. The number of hydrogen-bond donors (Lipinski definition) is 1. The first-order valence-corrected chi connectivity index (χ1v) is 12.0. The highest BCUT2D eigenvalue weighted by molar-refractivity contribution is 7.17. The highest BCUT2D eigenvalue weighted by atomic mass is 32.1. The molecule has 1 aromatic carbocycles. The van der Waals surface area contributed by atoms with Gasteiger partial charge in [0.1, 0.15) is 5.00 Å². The predicted octanol–water partition coefficient (Wildman–Crippen LogP) is 4.93. The number of benzene rings is 1. The SMILES string of the molecule is Cc1ccccc1C(=O)Nc1sc2c(c1C(=O)N1CCOCC1)CC[C@@H](C(C)(C)C)C2. The minimum atomic E-state index is -0.153. The molecule has 31 heavy (non-hydrogen) atoms. The standard InChI is InChI=1S/C25H32N2O3S/c1-16-7-5-6-8-18(16)22(28)26-23-21(24(29)27-11-13-30-14-12-27)19-10-9-17(25(2,3)4)15-20(19)31-23/h5-8,17H,9-15H2,1-4H3,(H,26,28)/t17-/m1/s1. The smallest absolute Gasteiger partial charge is 0.257 e. The summed E-state index contributed by atoms with van der Waals surface area (Å²) in [6.07, 6.45) is 2.92. The molecule has 2 amide bonds. The maximum absolute atomic E-state index is 13.5. The average molecular weight is 441 g/mol. The first kappa shape index (κ1) is 22.0. The minimum absolute atomic E-state index is 0.0232. The van der Waals surface area contributed by atoms with E-state index >= 15 is 0 Å². The van der Waals surface area contributed by atoms with Crippen LogP contribution in [0.1, 0.15) is 63.9 Å². The van der Waals surface area contributed by atoms with Crippen molar-refractivity contribution in [3.63, 3.8) is 0 Å². The van der Waals surface area contributed by atoms with Gasteiger partial charge in [0.25, 0.3) is 11.8 Å². The second-order valence-corrected chi connectivity index (χ2v) is 10.8. The van der Waals surface area contributed by atoms with Crippen molar-refractivity contribution in [2.75, 3.05) is 31.6 Å². The molecule has 1 atom stereocenters. The number of nitrogens with zero attached hydrogens (tertiary/aromatic N) is 1. The molecule has 4 rings (SSSR count). The Morgan fingerprint density at radius 3 is 2.55 bits per heavy atom. The molecule has 0 unspecified atom stereocenters. The van der Waals surface area contributed by atoms with Crippen LogP contribution in [0.15, 0.2) is 24.3 Å². The molecule has 0 radical (unpaired) electrons. The summed E-state index contributed by atoms with van der Waals surface area (Å²) in [5.41, 5.74) is 3.64. The number of ether oxygens (including phenoxy) is 1. The Balaban J connectivity index is 1.69. The number of amides is 2. The van der Waals surface area contributed by atoms with Gasteiger partial charge in [-0.1, -0.05) is 39.0 Å². The van der Waals surface area contributed by atoms with Crippen molar-refractivity contribution in [1.29, 1.82) is 0 Å². The Morgan fingerprint density at radius 1 is 1.16 bits per heavy atom. The van der Waals surface area contributed by atoms with Gasteiger partial charge in [0.2, 0.25) is 0 Å². The molecule has 2 aliphatic rings. The summed E-state index contributed by atoms with van der Waals surface area (Å²) in [6, 6.07) is 7.56. The first-order valence-electron chi connectivity index (χ1n) is 11.1. The van der Waals surface area contributed by atoms with E-state index in [4.69, 9.17) is 4.74 Å². The normalized spacial score (nSPS) is 19.1. The van der Waals surface area contributed by atoms with Gasteiger partial charge in [-0.3, -0.25) is 9.59 Å². The van der Waals surface area contributed by atoms with Crippen molar-refractivity contribution in [2.24, 2.45) is 11.3 Å². The zero-order valence-electron chi connectivity index (χ0n) is 18.9. The second-order valence-electron chi connectivity index (χ2n) is 9.69. The summed E-state index contributed by atoms with van der Waals surface area (Å²) in [5.74, 6) is 0.445. The monoisotopic (exact) mass is 440 g/mol. The van der Waals surface area contributed by atoms with Gasteiger partial charge < -0.3 is 15.0 Å². The lowest BCUT2D eigenvalue weighted by Gasteiger charge is -2.34. The lowest BCUT2D eigenvalue weighted by molar-refractivity contribution is 0.0303. The second kappa shape index (κ2) is 8.75. The molecule has 0 spiro atoms. The van der Waals surface area contributed by atoms with Gasteiger partial charge in [-0.25, -0.2) is 0 Å². The molecule has 1 aromatic heterocycles. The molecule has 1 aliphatic heterocycles. The van der Waals surface area contributed by atoms with Crippen molar-refractivity contribution < 1.29 is 14.3 Å². The Kier molecular flexibility index (Phi) is 6.22. The molecule has 1 aliphatic carbocycles. The van der Waals surface area contributed by atoms with Gasteiger partial charge in [0.05, 0.1) is 18.8 Å². The van der Waals surface area contributed by atoms with Gasteiger partial charge >= 0.3 is 0 Å². The summed E-state index contributed by atoms with van der Waals surface area (Å²) in [6.45, 7) is 11.1. The summed E-state index contributed by atoms with van der Waals surface area (Å²) in [4.78, 5) is 29.7. The van der Waals surface area contributed by atoms with E-state index in [9.17, 15) is 9.59 Å². The van der Waals surface area contributed by atoms with Crippen LogP contribution in [0.25, 0.3) is 0 Å². The zero-order valence-corrected chi connectivity index (χ0v) is 19.7. The van der Waals surface area contributed by atoms with Crippen molar-refractivity contribution in [3.8, 4) is 0 Å². The zero-order chi connectivity index (χ0) is 22.2. The highest BCUT2D eigenvalue weighted by Gasteiger charge is 2.35. The molecule has 1 N–H and O–H groups in total. The molecule has 166 valence electrons. The average Bonchev–Trinajstić information content (AvgIpc) is 3.10. The third kappa shape index (κ3) is 4.55. The fraction of sp³-hybridized carbons (Fsp3) is 0.520. The summed E-state index contributed by atoms with van der Waals surface area (Å²) >= 11 is 1.59. The summed E-state index contributed by atoms with van der Waals surface area (Å²) in [7, 11) is 0. The van der Waals surface area contributed by atoms with Crippen LogP contribution < -0.4 is 5.32 Å². The third-order valence-corrected chi connectivity index (χ3v) is 7.79. The van der Waals surface area contributed by atoms with Crippen molar-refractivity contribution in [1.82, 2.24) is 4.90 Å². The Hall–Kier alpha value is -2.18. The van der Waals surface area contributed by atoms with E-state index in [2.05, 4.69) is 26.1 Å². The van der Waals surface area contributed by atoms with E-state index in [1.54, 1.807) is 11.3 Å².